The van der Waals surface area contributed by atoms with Gasteiger partial charge in [-0.3, -0.25) is 0 Å². The van der Waals surface area contributed by atoms with Crippen LogP contribution < -0.4 is 0 Å². The highest BCUT2D eigenvalue weighted by Crippen LogP contribution is 2.47. The molecular weight excluding hydrogens is 490 g/mol. The smallest absolute Gasteiger partial charge is 0.348 e. The molecular formula is C33H46NO5+. The fraction of sp³-hybridized carbons (Fsp3) is 0.606. The lowest BCUT2D eigenvalue weighted by Gasteiger charge is -2.47. The van der Waals surface area contributed by atoms with Gasteiger partial charge in [-0.15, -0.1) is 0 Å². The van der Waals surface area contributed by atoms with Gasteiger partial charge in [0.2, 0.25) is 5.60 Å². The van der Waals surface area contributed by atoms with Crippen molar-refractivity contribution in [2.24, 2.45) is 0 Å². The molecule has 39 heavy (non-hydrogen) atoms. The Morgan fingerprint density at radius 1 is 0.949 bits per heavy atom. The first-order valence-electron chi connectivity index (χ1n) is 15.2. The molecule has 0 aromatic heterocycles. The van der Waals surface area contributed by atoms with Crippen molar-refractivity contribution in [1.29, 1.82) is 0 Å². The lowest BCUT2D eigenvalue weighted by atomic mass is 9.85. The van der Waals surface area contributed by atoms with E-state index < -0.39 is 18.0 Å². The summed E-state index contributed by atoms with van der Waals surface area (Å²) >= 11 is 0. The van der Waals surface area contributed by atoms with Crippen LogP contribution in [0.15, 0.2) is 60.7 Å². The fourth-order valence-electron chi connectivity index (χ4n) is 7.62. The number of carbonyl (C=O) groups is 1. The van der Waals surface area contributed by atoms with Gasteiger partial charge in [0.15, 0.2) is 0 Å². The third kappa shape index (κ3) is 5.67. The van der Waals surface area contributed by atoms with Crippen LogP contribution in [0.2, 0.25) is 0 Å². The zero-order valence-electron chi connectivity index (χ0n) is 23.7. The van der Waals surface area contributed by atoms with Gasteiger partial charge in [0.05, 0.1) is 31.3 Å². The predicted molar refractivity (Wildman–Crippen MR) is 151 cm³/mol. The van der Waals surface area contributed by atoms with Crippen molar-refractivity contribution in [1.82, 2.24) is 0 Å². The predicted octanol–water partition coefficient (Wildman–Crippen LogP) is 6.06. The van der Waals surface area contributed by atoms with E-state index in [1.54, 1.807) is 0 Å². The summed E-state index contributed by atoms with van der Waals surface area (Å²) in [4.78, 5) is 14.4. The maximum atomic E-state index is 14.4. The van der Waals surface area contributed by atoms with Crippen LogP contribution in [-0.2, 0) is 24.6 Å². The molecule has 4 unspecified atom stereocenters. The van der Waals surface area contributed by atoms with Gasteiger partial charge in [-0.05, 0) is 24.0 Å². The first-order valence-corrected chi connectivity index (χ1v) is 15.2. The van der Waals surface area contributed by atoms with E-state index >= 15 is 0 Å². The molecule has 2 bridgehead atoms. The number of esters is 1. The summed E-state index contributed by atoms with van der Waals surface area (Å²) in [6, 6.07) is 20.0. The first-order chi connectivity index (χ1) is 19.0. The van der Waals surface area contributed by atoms with Gasteiger partial charge in [-0.25, -0.2) is 4.79 Å². The zero-order chi connectivity index (χ0) is 27.3. The van der Waals surface area contributed by atoms with Gasteiger partial charge in [-0.2, -0.15) is 0 Å². The molecule has 3 fully saturated rings. The quantitative estimate of drug-likeness (QED) is 0.203. The number of benzene rings is 2. The molecule has 212 valence electrons. The van der Waals surface area contributed by atoms with Crippen molar-refractivity contribution in [3.8, 4) is 0 Å². The Morgan fingerprint density at radius 3 is 2.03 bits per heavy atom. The van der Waals surface area contributed by atoms with Crippen LogP contribution in [0.5, 0.6) is 0 Å². The molecule has 2 aromatic carbocycles. The summed E-state index contributed by atoms with van der Waals surface area (Å²) < 4.78 is 20.0. The Kier molecular flexibility index (Phi) is 9.07. The van der Waals surface area contributed by atoms with Gasteiger partial charge in [0.25, 0.3) is 6.48 Å². The number of quaternary nitrogens is 1. The molecule has 3 heterocycles. The minimum absolute atomic E-state index is 0.152. The minimum atomic E-state index is -1.65. The van der Waals surface area contributed by atoms with E-state index in [0.29, 0.717) is 23.2 Å². The second kappa shape index (κ2) is 12.5. The Morgan fingerprint density at radius 2 is 1.51 bits per heavy atom. The van der Waals surface area contributed by atoms with E-state index in [4.69, 9.17) is 14.2 Å². The van der Waals surface area contributed by atoms with Crippen molar-refractivity contribution >= 4 is 5.97 Å². The molecule has 0 saturated carbocycles. The fourth-order valence-corrected chi connectivity index (χ4v) is 7.62. The lowest BCUT2D eigenvalue weighted by molar-refractivity contribution is -0.956. The number of nitrogens with zero attached hydrogens (tertiary/aromatic N) is 1. The largest absolute Gasteiger partial charge is 0.459 e. The molecule has 6 heteroatoms. The maximum absolute atomic E-state index is 14.4. The monoisotopic (exact) mass is 536 g/mol. The highest BCUT2D eigenvalue weighted by atomic mass is 16.8. The van der Waals surface area contributed by atoms with E-state index in [2.05, 4.69) is 6.92 Å². The molecule has 1 spiro atoms. The maximum Gasteiger partial charge on any atom is 0.348 e. The van der Waals surface area contributed by atoms with Gasteiger partial charge < -0.3 is 23.8 Å². The number of ether oxygens (including phenoxy) is 3. The summed E-state index contributed by atoms with van der Waals surface area (Å²) in [5, 5.41) is 11.1. The molecule has 0 amide bonds. The van der Waals surface area contributed by atoms with Gasteiger partial charge in [0.1, 0.15) is 6.10 Å². The number of rotatable bonds is 12. The molecule has 0 radical (unpaired) electrons. The molecule has 6 nitrogen and oxygen atoms in total. The standard InChI is InChI=1S/C33H46NO5/c1-3-5-18-29(4-2)38-32(36)39-33(25-14-8-6-9-15-25,26-16-10-7-11-17-26)31(35)37-30-23-27-19-20-28(24-30)34(27)21-12-13-22-34/h6-11,14-17,27-30,32,36H,3-5,12-13,18-24H2,1-2H3/q+1. The Hall–Kier alpha value is -2.25. The number of carbonyl (C=O) groups excluding carboxylic acids is 1. The Bertz CT molecular complexity index is 999. The van der Waals surface area contributed by atoms with Crippen LogP contribution >= 0.6 is 0 Å². The molecule has 3 saturated heterocycles. The molecule has 0 aliphatic carbocycles. The van der Waals surface area contributed by atoms with E-state index in [0.717, 1.165) is 38.5 Å². The average Bonchev–Trinajstić information content (AvgIpc) is 3.51. The van der Waals surface area contributed by atoms with Crippen molar-refractivity contribution in [3.63, 3.8) is 0 Å². The summed E-state index contributed by atoms with van der Waals surface area (Å²) in [6.07, 6.45) is 10.2. The molecule has 3 aliphatic rings. The second-order valence-electron chi connectivity index (χ2n) is 11.8. The molecule has 1 N–H and O–H groups in total. The second-order valence-corrected chi connectivity index (χ2v) is 11.8. The third-order valence-corrected chi connectivity index (χ3v) is 9.60. The third-order valence-electron chi connectivity index (χ3n) is 9.60. The van der Waals surface area contributed by atoms with Crippen LogP contribution in [0.1, 0.15) is 89.2 Å². The van der Waals surface area contributed by atoms with Crippen LogP contribution in [0.4, 0.5) is 0 Å². The summed E-state index contributed by atoms with van der Waals surface area (Å²) in [7, 11) is 0. The zero-order valence-corrected chi connectivity index (χ0v) is 23.7. The lowest BCUT2D eigenvalue weighted by Crippen LogP contribution is -2.60. The highest BCUT2D eigenvalue weighted by Gasteiger charge is 2.57. The number of aliphatic hydroxyl groups excluding tert-OH is 1. The Labute approximate surface area is 233 Å². The van der Waals surface area contributed by atoms with Crippen molar-refractivity contribution < 1.29 is 28.6 Å². The number of unbranched alkanes of at least 4 members (excludes halogenated alkanes) is 1. The summed E-state index contributed by atoms with van der Waals surface area (Å²) in [5.41, 5.74) is -0.416. The minimum Gasteiger partial charge on any atom is -0.459 e. The van der Waals surface area contributed by atoms with Crippen molar-refractivity contribution in [3.05, 3.63) is 71.8 Å². The van der Waals surface area contributed by atoms with E-state index in [1.807, 2.05) is 67.6 Å². The van der Waals surface area contributed by atoms with Crippen molar-refractivity contribution in [2.75, 3.05) is 13.1 Å². The highest BCUT2D eigenvalue weighted by molar-refractivity contribution is 5.86. The number of aliphatic hydroxyl groups is 1. The normalized spacial score (nSPS) is 25.5. The summed E-state index contributed by atoms with van der Waals surface area (Å²) in [5.74, 6) is -0.483. The number of piperidine rings is 1. The van der Waals surface area contributed by atoms with Crippen LogP contribution in [0, 0.1) is 0 Å². The van der Waals surface area contributed by atoms with Gasteiger partial charge in [-0.1, -0.05) is 87.4 Å². The first kappa shape index (κ1) is 28.3. The molecule has 5 rings (SSSR count). The molecule has 4 atom stereocenters. The molecule has 3 aliphatic heterocycles. The van der Waals surface area contributed by atoms with Crippen LogP contribution in [0.25, 0.3) is 0 Å². The van der Waals surface area contributed by atoms with Crippen LogP contribution in [-0.4, -0.2) is 59.4 Å². The number of hydrogen-bond acceptors (Lipinski definition) is 5. The van der Waals surface area contributed by atoms with E-state index in [1.165, 1.54) is 43.3 Å². The van der Waals surface area contributed by atoms with Gasteiger partial charge >= 0.3 is 5.97 Å². The van der Waals surface area contributed by atoms with E-state index in [-0.39, 0.29) is 12.2 Å². The average molecular weight is 537 g/mol. The van der Waals surface area contributed by atoms with E-state index in [9.17, 15) is 9.90 Å². The molecule has 2 aromatic rings. The van der Waals surface area contributed by atoms with Crippen molar-refractivity contribution in [2.45, 2.75) is 114 Å². The topological polar surface area (TPSA) is 65.0 Å². The summed E-state index contributed by atoms with van der Waals surface area (Å²) in [6.45, 7) is 5.14. The SMILES string of the molecule is CCCCC(CC)OC(O)OC(C(=O)OC1CC2CCC(C1)[N+]21CCCC1)(c1ccccc1)c1ccccc1. The van der Waals surface area contributed by atoms with Crippen LogP contribution in [0.3, 0.4) is 0 Å². The Balaban J connectivity index is 1.44. The number of hydrogen-bond donors (Lipinski definition) is 1. The van der Waals surface area contributed by atoms with Gasteiger partial charge in [0, 0.05) is 38.5 Å².